The zero-order valence-corrected chi connectivity index (χ0v) is 31.0. The van der Waals surface area contributed by atoms with Gasteiger partial charge in [0.25, 0.3) is 0 Å². The van der Waals surface area contributed by atoms with Gasteiger partial charge in [-0.05, 0) is 131 Å². The van der Waals surface area contributed by atoms with Gasteiger partial charge >= 0.3 is 0 Å². The number of anilines is 3. The third-order valence-electron chi connectivity index (χ3n) is 11.9. The van der Waals surface area contributed by atoms with Crippen molar-refractivity contribution in [3.05, 3.63) is 188 Å². The summed E-state index contributed by atoms with van der Waals surface area (Å²) in [6.45, 7) is 0. The van der Waals surface area contributed by atoms with Crippen LogP contribution in [0.4, 0.5) is 17.1 Å². The Balaban J connectivity index is 0.936. The molecule has 2 aromatic heterocycles. The van der Waals surface area contributed by atoms with E-state index in [0.29, 0.717) is 0 Å². The van der Waals surface area contributed by atoms with E-state index in [1.54, 1.807) is 0 Å². The van der Waals surface area contributed by atoms with E-state index in [0.717, 1.165) is 89.1 Å². The summed E-state index contributed by atoms with van der Waals surface area (Å²) >= 11 is 0. The van der Waals surface area contributed by atoms with Crippen molar-refractivity contribution in [2.75, 3.05) is 4.90 Å². The number of hydrogen-bond donors (Lipinski definition) is 0. The van der Waals surface area contributed by atoms with Crippen LogP contribution in [0.3, 0.4) is 0 Å². The van der Waals surface area contributed by atoms with Gasteiger partial charge in [-0.3, -0.25) is 0 Å². The maximum absolute atomic E-state index is 6.23. The number of benzene rings is 8. The van der Waals surface area contributed by atoms with Gasteiger partial charge in [0.1, 0.15) is 22.3 Å². The van der Waals surface area contributed by atoms with Crippen LogP contribution in [-0.2, 0) is 0 Å². The van der Waals surface area contributed by atoms with Crippen LogP contribution in [0.2, 0.25) is 0 Å². The molecule has 1 aliphatic rings. The van der Waals surface area contributed by atoms with Crippen molar-refractivity contribution in [2.45, 2.75) is 31.6 Å². The Bertz CT molecular complexity index is 2840. The summed E-state index contributed by atoms with van der Waals surface area (Å²) in [7, 11) is 0. The molecule has 0 amide bonds. The molecule has 1 fully saturated rings. The van der Waals surface area contributed by atoms with Crippen molar-refractivity contribution < 1.29 is 8.83 Å². The van der Waals surface area contributed by atoms with Crippen LogP contribution in [0, 0.1) is 0 Å². The maximum Gasteiger partial charge on any atom is 0.136 e. The predicted octanol–water partition coefficient (Wildman–Crippen LogP) is 15.6. The zero-order chi connectivity index (χ0) is 37.0. The molecule has 3 nitrogen and oxygen atoms in total. The van der Waals surface area contributed by atoms with Crippen LogP contribution >= 0.6 is 0 Å². The highest BCUT2D eigenvalue weighted by Crippen LogP contribution is 2.40. The molecular weight excluding hydrogens is 683 g/mol. The zero-order valence-electron chi connectivity index (χ0n) is 31.0. The Morgan fingerprint density at radius 1 is 0.339 bits per heavy atom. The monoisotopic (exact) mass is 721 g/mol. The van der Waals surface area contributed by atoms with E-state index in [2.05, 4.69) is 163 Å². The molecule has 0 unspecified atom stereocenters. The first kappa shape index (κ1) is 32.6. The molecule has 0 radical (unpaired) electrons. The first-order valence-corrected chi connectivity index (χ1v) is 19.8. The number of nitrogens with zero attached hydrogens (tertiary/aromatic N) is 1. The topological polar surface area (TPSA) is 29.5 Å². The predicted molar refractivity (Wildman–Crippen MR) is 233 cm³/mol. The summed E-state index contributed by atoms with van der Waals surface area (Å²) in [5, 5.41) is 4.57. The van der Waals surface area contributed by atoms with Gasteiger partial charge in [0.2, 0.25) is 0 Å². The van der Waals surface area contributed by atoms with Crippen LogP contribution in [0.1, 0.15) is 37.2 Å². The van der Waals surface area contributed by atoms with Crippen molar-refractivity contribution in [3.8, 4) is 33.4 Å². The van der Waals surface area contributed by atoms with E-state index in [1.807, 2.05) is 24.3 Å². The Morgan fingerprint density at radius 3 is 1.14 bits per heavy atom. The molecule has 1 aliphatic carbocycles. The quantitative estimate of drug-likeness (QED) is 0.164. The standard InChI is InChI=1S/C53H39NO2/c1-2-8-35(7-1)36-13-15-37(16-14-36)38-17-25-43(26-18-38)54(44-27-19-39(20-28-44)41-23-31-48-46-9-3-5-11-50(46)55-52(48)33-41)45-29-21-40(22-30-45)42-24-32-49-47-10-4-6-12-51(47)56-53(49)34-42/h3-6,9-35H,1-2,7-8H2. The largest absolute Gasteiger partial charge is 0.456 e. The molecule has 11 rings (SSSR count). The van der Waals surface area contributed by atoms with Crippen molar-refractivity contribution >= 4 is 60.9 Å². The fourth-order valence-electron chi connectivity index (χ4n) is 8.87. The Labute approximate surface area is 326 Å². The second kappa shape index (κ2) is 13.5. The van der Waals surface area contributed by atoms with E-state index in [1.165, 1.54) is 42.4 Å². The molecule has 0 bridgehead atoms. The van der Waals surface area contributed by atoms with Gasteiger partial charge in [-0.1, -0.05) is 122 Å². The van der Waals surface area contributed by atoms with Crippen molar-refractivity contribution in [1.82, 2.24) is 0 Å². The van der Waals surface area contributed by atoms with Crippen LogP contribution in [0.5, 0.6) is 0 Å². The van der Waals surface area contributed by atoms with Crippen LogP contribution in [0.15, 0.2) is 191 Å². The second-order valence-corrected chi connectivity index (χ2v) is 15.2. The lowest BCUT2D eigenvalue weighted by atomic mass is 9.95. The molecule has 268 valence electrons. The Hall–Kier alpha value is -6.84. The first-order chi connectivity index (χ1) is 27.7. The van der Waals surface area contributed by atoms with E-state index in [4.69, 9.17) is 8.83 Å². The number of hydrogen-bond acceptors (Lipinski definition) is 3. The number of rotatable bonds is 7. The van der Waals surface area contributed by atoms with Crippen LogP contribution < -0.4 is 4.90 Å². The summed E-state index contributed by atoms with van der Waals surface area (Å²) in [6.07, 6.45) is 5.34. The van der Waals surface area contributed by atoms with Gasteiger partial charge in [0.15, 0.2) is 0 Å². The minimum absolute atomic E-state index is 0.721. The third kappa shape index (κ3) is 5.75. The molecule has 0 atom stereocenters. The van der Waals surface area contributed by atoms with Crippen LogP contribution in [-0.4, -0.2) is 0 Å². The average Bonchev–Trinajstić information content (AvgIpc) is 4.02. The van der Waals surface area contributed by atoms with Gasteiger partial charge in [-0.2, -0.15) is 0 Å². The van der Waals surface area contributed by atoms with Gasteiger partial charge in [0.05, 0.1) is 0 Å². The van der Waals surface area contributed by atoms with Crippen molar-refractivity contribution in [3.63, 3.8) is 0 Å². The average molecular weight is 722 g/mol. The first-order valence-electron chi connectivity index (χ1n) is 19.8. The summed E-state index contributed by atoms with van der Waals surface area (Å²) in [5.41, 5.74) is 15.4. The van der Waals surface area contributed by atoms with Crippen molar-refractivity contribution in [2.24, 2.45) is 0 Å². The molecule has 56 heavy (non-hydrogen) atoms. The van der Waals surface area contributed by atoms with Crippen LogP contribution in [0.25, 0.3) is 77.3 Å². The number of fused-ring (bicyclic) bond motifs is 6. The van der Waals surface area contributed by atoms with E-state index >= 15 is 0 Å². The molecule has 8 aromatic carbocycles. The summed E-state index contributed by atoms with van der Waals surface area (Å²) in [5.74, 6) is 0.721. The third-order valence-corrected chi connectivity index (χ3v) is 11.9. The highest BCUT2D eigenvalue weighted by atomic mass is 16.3. The van der Waals surface area contributed by atoms with Gasteiger partial charge in [-0.25, -0.2) is 0 Å². The van der Waals surface area contributed by atoms with E-state index < -0.39 is 0 Å². The lowest BCUT2D eigenvalue weighted by Gasteiger charge is -2.26. The van der Waals surface area contributed by atoms with E-state index in [9.17, 15) is 0 Å². The van der Waals surface area contributed by atoms with Gasteiger partial charge in [-0.15, -0.1) is 0 Å². The lowest BCUT2D eigenvalue weighted by molar-refractivity contribution is 0.668. The number of furan rings is 2. The molecule has 0 saturated heterocycles. The summed E-state index contributed by atoms with van der Waals surface area (Å²) < 4.78 is 12.5. The van der Waals surface area contributed by atoms with Gasteiger partial charge < -0.3 is 13.7 Å². The Kier molecular flexibility index (Phi) is 7.84. The minimum atomic E-state index is 0.721. The minimum Gasteiger partial charge on any atom is -0.456 e. The highest BCUT2D eigenvalue weighted by molar-refractivity contribution is 6.07. The summed E-state index contributed by atoms with van der Waals surface area (Å²) in [4.78, 5) is 2.34. The molecular formula is C53H39NO2. The molecule has 1 saturated carbocycles. The summed E-state index contributed by atoms with van der Waals surface area (Å²) in [6, 6.07) is 65.5. The lowest BCUT2D eigenvalue weighted by Crippen LogP contribution is -2.09. The molecule has 0 spiro atoms. The Morgan fingerprint density at radius 2 is 0.696 bits per heavy atom. The highest BCUT2D eigenvalue weighted by Gasteiger charge is 2.18. The van der Waals surface area contributed by atoms with E-state index in [-0.39, 0.29) is 0 Å². The normalized spacial score (nSPS) is 13.4. The SMILES string of the molecule is c1ccc2c(c1)oc1cc(-c3ccc(N(c4ccc(-c5ccc(C6CCCC6)cc5)cc4)c4ccc(-c5ccc6c(c5)oc5ccccc56)cc4)cc3)ccc12. The maximum atomic E-state index is 6.23. The molecule has 10 aromatic rings. The van der Waals surface area contributed by atoms with Crippen molar-refractivity contribution in [1.29, 1.82) is 0 Å². The molecule has 0 aliphatic heterocycles. The molecule has 3 heteroatoms. The van der Waals surface area contributed by atoms with Gasteiger partial charge in [0, 0.05) is 38.6 Å². The second-order valence-electron chi connectivity index (χ2n) is 15.2. The smallest absolute Gasteiger partial charge is 0.136 e. The fraction of sp³-hybridized carbons (Fsp3) is 0.0943. The molecule has 0 N–H and O–H groups in total. The number of para-hydroxylation sites is 2. The molecule has 2 heterocycles. The fourth-order valence-corrected chi connectivity index (χ4v) is 8.87.